The number of rotatable bonds is 7. The molecule has 1 unspecified atom stereocenters. The Morgan fingerprint density at radius 3 is 2.65 bits per heavy atom. The van der Waals surface area contributed by atoms with E-state index in [-0.39, 0.29) is 6.04 Å². The van der Waals surface area contributed by atoms with E-state index in [1.807, 2.05) is 6.07 Å². The van der Waals surface area contributed by atoms with E-state index in [1.54, 1.807) is 26.2 Å². The molecular weight excluding hydrogens is 256 g/mol. The predicted molar refractivity (Wildman–Crippen MR) is 80.9 cm³/mol. The molecule has 0 aliphatic carbocycles. The molecule has 0 saturated carbocycles. The van der Waals surface area contributed by atoms with Gasteiger partial charge in [0.05, 0.1) is 24.8 Å². The topological polar surface area (TPSA) is 73.6 Å². The molecule has 3 N–H and O–H groups in total. The summed E-state index contributed by atoms with van der Waals surface area (Å²) in [6.45, 7) is 6.91. The van der Waals surface area contributed by atoms with Crippen molar-refractivity contribution >= 4 is 17.3 Å². The minimum Gasteiger partial charge on any atom is -0.462 e. The third-order valence-corrected chi connectivity index (χ3v) is 3.05. The Hall–Kier alpha value is -1.75. The van der Waals surface area contributed by atoms with E-state index in [9.17, 15) is 4.79 Å². The highest BCUT2D eigenvalue weighted by Gasteiger charge is 2.15. The Balaban J connectivity index is 2.91. The van der Waals surface area contributed by atoms with Gasteiger partial charge < -0.3 is 20.5 Å². The van der Waals surface area contributed by atoms with Crippen LogP contribution in [0.15, 0.2) is 18.2 Å². The third kappa shape index (κ3) is 4.42. The van der Waals surface area contributed by atoms with Crippen LogP contribution in [-0.2, 0) is 9.47 Å². The summed E-state index contributed by atoms with van der Waals surface area (Å²) in [5.41, 5.74) is 7.45. The number of hydrogen-bond acceptors (Lipinski definition) is 5. The molecule has 0 radical (unpaired) electrons. The van der Waals surface area contributed by atoms with Crippen molar-refractivity contribution in [1.82, 2.24) is 0 Å². The molecule has 1 aromatic rings. The number of carbonyl (C=O) groups excluding carboxylic acids is 1. The van der Waals surface area contributed by atoms with E-state index >= 15 is 0 Å². The average Bonchev–Trinajstić information content (AvgIpc) is 2.40. The summed E-state index contributed by atoms with van der Waals surface area (Å²) in [5, 5.41) is 3.36. The van der Waals surface area contributed by atoms with Crippen LogP contribution in [0.25, 0.3) is 0 Å². The van der Waals surface area contributed by atoms with E-state index in [0.717, 1.165) is 5.69 Å². The van der Waals surface area contributed by atoms with Crippen LogP contribution in [0.5, 0.6) is 0 Å². The molecule has 1 aromatic carbocycles. The number of anilines is 2. The van der Waals surface area contributed by atoms with Crippen molar-refractivity contribution in [2.24, 2.45) is 5.92 Å². The maximum Gasteiger partial charge on any atom is 0.340 e. The Morgan fingerprint density at radius 2 is 2.10 bits per heavy atom. The largest absolute Gasteiger partial charge is 0.462 e. The quantitative estimate of drug-likeness (QED) is 0.593. The van der Waals surface area contributed by atoms with Crippen molar-refractivity contribution in [3.8, 4) is 0 Å². The highest BCUT2D eigenvalue weighted by Crippen LogP contribution is 2.21. The first kappa shape index (κ1) is 16.3. The van der Waals surface area contributed by atoms with Gasteiger partial charge in [-0.05, 0) is 31.0 Å². The van der Waals surface area contributed by atoms with Crippen molar-refractivity contribution in [2.45, 2.75) is 26.8 Å². The lowest BCUT2D eigenvalue weighted by molar-refractivity contribution is 0.0527. The van der Waals surface area contributed by atoms with Gasteiger partial charge in [0.15, 0.2) is 0 Å². The minimum absolute atomic E-state index is 0.165. The van der Waals surface area contributed by atoms with E-state index in [1.165, 1.54) is 0 Å². The van der Waals surface area contributed by atoms with Crippen molar-refractivity contribution < 1.29 is 14.3 Å². The van der Waals surface area contributed by atoms with Crippen LogP contribution in [0.3, 0.4) is 0 Å². The number of ether oxygens (including phenoxy) is 2. The predicted octanol–water partition coefficient (Wildman–Crippen LogP) is 2.53. The Morgan fingerprint density at radius 1 is 1.40 bits per heavy atom. The first-order valence-electron chi connectivity index (χ1n) is 6.81. The van der Waals surface area contributed by atoms with Crippen LogP contribution in [-0.4, -0.2) is 32.3 Å². The van der Waals surface area contributed by atoms with Crippen LogP contribution < -0.4 is 11.1 Å². The molecule has 112 valence electrons. The number of esters is 1. The van der Waals surface area contributed by atoms with Gasteiger partial charge in [-0.3, -0.25) is 0 Å². The van der Waals surface area contributed by atoms with Gasteiger partial charge in [0.25, 0.3) is 0 Å². The molecule has 5 nitrogen and oxygen atoms in total. The number of benzene rings is 1. The lowest BCUT2D eigenvalue weighted by Gasteiger charge is -2.23. The van der Waals surface area contributed by atoms with Gasteiger partial charge in [0.1, 0.15) is 0 Å². The van der Waals surface area contributed by atoms with Crippen LogP contribution in [0, 0.1) is 5.92 Å². The number of nitrogens with one attached hydrogen (secondary N) is 1. The molecule has 0 saturated heterocycles. The summed E-state index contributed by atoms with van der Waals surface area (Å²) in [7, 11) is 1.67. The fourth-order valence-electron chi connectivity index (χ4n) is 1.83. The second-order valence-corrected chi connectivity index (χ2v) is 4.97. The molecule has 0 fully saturated rings. The Kier molecular flexibility index (Phi) is 6.31. The molecule has 0 aliphatic heterocycles. The second kappa shape index (κ2) is 7.75. The molecule has 5 heteroatoms. The second-order valence-electron chi connectivity index (χ2n) is 4.97. The SMILES string of the molecule is CCOC(=O)c1cc(NC(COC)C(C)C)ccc1N. The van der Waals surface area contributed by atoms with Gasteiger partial charge >= 0.3 is 5.97 Å². The highest BCUT2D eigenvalue weighted by molar-refractivity contribution is 5.96. The Bertz CT molecular complexity index is 447. The zero-order chi connectivity index (χ0) is 15.1. The van der Waals surface area contributed by atoms with Crippen LogP contribution in [0.1, 0.15) is 31.1 Å². The molecule has 0 heterocycles. The minimum atomic E-state index is -0.401. The van der Waals surface area contributed by atoms with Crippen molar-refractivity contribution in [3.05, 3.63) is 23.8 Å². The maximum absolute atomic E-state index is 11.8. The van der Waals surface area contributed by atoms with Crippen LogP contribution >= 0.6 is 0 Å². The molecule has 1 atom stereocenters. The molecule has 0 amide bonds. The van der Waals surface area contributed by atoms with E-state index in [4.69, 9.17) is 15.2 Å². The van der Waals surface area contributed by atoms with E-state index in [0.29, 0.717) is 30.4 Å². The maximum atomic E-state index is 11.8. The summed E-state index contributed by atoms with van der Waals surface area (Å²) in [6, 6.07) is 5.44. The average molecular weight is 280 g/mol. The van der Waals surface area contributed by atoms with Crippen molar-refractivity contribution in [3.63, 3.8) is 0 Å². The molecule has 0 spiro atoms. The van der Waals surface area contributed by atoms with E-state index in [2.05, 4.69) is 19.2 Å². The van der Waals surface area contributed by atoms with Gasteiger partial charge in [0, 0.05) is 18.5 Å². The third-order valence-electron chi connectivity index (χ3n) is 3.05. The molecule has 0 aliphatic rings. The Labute approximate surface area is 120 Å². The monoisotopic (exact) mass is 280 g/mol. The normalized spacial score (nSPS) is 12.2. The molecule has 0 aromatic heterocycles. The van der Waals surface area contributed by atoms with E-state index < -0.39 is 5.97 Å². The summed E-state index contributed by atoms with van der Waals surface area (Å²) in [6.07, 6.45) is 0. The van der Waals surface area contributed by atoms with Gasteiger partial charge in [-0.1, -0.05) is 13.8 Å². The number of methoxy groups -OCH3 is 1. The highest BCUT2D eigenvalue weighted by atomic mass is 16.5. The smallest absolute Gasteiger partial charge is 0.340 e. The van der Waals surface area contributed by atoms with Crippen molar-refractivity contribution in [2.75, 3.05) is 31.4 Å². The summed E-state index contributed by atoms with van der Waals surface area (Å²) < 4.78 is 10.2. The van der Waals surface area contributed by atoms with Gasteiger partial charge in [-0.15, -0.1) is 0 Å². The molecule has 0 bridgehead atoms. The standard InChI is InChI=1S/C15H24N2O3/c1-5-20-15(18)12-8-11(6-7-13(12)16)17-14(9-19-4)10(2)3/h6-8,10,14,17H,5,9,16H2,1-4H3. The number of nitrogens with two attached hydrogens (primary N) is 1. The summed E-state index contributed by atoms with van der Waals surface area (Å²) in [5.74, 6) is 0.0000323. The van der Waals surface area contributed by atoms with Gasteiger partial charge in [0.2, 0.25) is 0 Å². The number of nitrogen functional groups attached to an aromatic ring is 1. The fourth-order valence-corrected chi connectivity index (χ4v) is 1.83. The zero-order valence-corrected chi connectivity index (χ0v) is 12.6. The van der Waals surface area contributed by atoms with Crippen molar-refractivity contribution in [1.29, 1.82) is 0 Å². The first-order valence-corrected chi connectivity index (χ1v) is 6.81. The van der Waals surface area contributed by atoms with Gasteiger partial charge in [-0.2, -0.15) is 0 Å². The van der Waals surface area contributed by atoms with Crippen LogP contribution in [0.2, 0.25) is 0 Å². The fraction of sp³-hybridized carbons (Fsp3) is 0.533. The molecule has 1 rings (SSSR count). The molecule has 20 heavy (non-hydrogen) atoms. The summed E-state index contributed by atoms with van der Waals surface area (Å²) in [4.78, 5) is 11.8. The van der Waals surface area contributed by atoms with Crippen LogP contribution in [0.4, 0.5) is 11.4 Å². The lowest BCUT2D eigenvalue weighted by atomic mass is 10.0. The zero-order valence-electron chi connectivity index (χ0n) is 12.6. The first-order chi connectivity index (χ1) is 9.49. The number of hydrogen-bond donors (Lipinski definition) is 2. The summed E-state index contributed by atoms with van der Waals surface area (Å²) >= 11 is 0. The lowest BCUT2D eigenvalue weighted by Crippen LogP contribution is -2.30. The number of carbonyl (C=O) groups is 1. The molecular formula is C15H24N2O3. The van der Waals surface area contributed by atoms with Gasteiger partial charge in [-0.25, -0.2) is 4.79 Å².